The molecule has 0 aliphatic rings. The zero-order chi connectivity index (χ0) is 16.0. The number of carbonyl (C=O) groups is 2. The van der Waals surface area contributed by atoms with Gasteiger partial charge in [0.25, 0.3) is 5.91 Å². The van der Waals surface area contributed by atoms with Crippen LogP contribution in [0.3, 0.4) is 0 Å². The summed E-state index contributed by atoms with van der Waals surface area (Å²) in [6.45, 7) is 5.36. The van der Waals surface area contributed by atoms with Gasteiger partial charge in [-0.25, -0.2) is 0 Å². The van der Waals surface area contributed by atoms with Gasteiger partial charge in [0, 0.05) is 6.04 Å². The number of carbonyl (C=O) groups excluding carboxylic acids is 2. The molecule has 6 heteroatoms. The summed E-state index contributed by atoms with van der Waals surface area (Å²) in [7, 11) is 1.40. The molecule has 116 valence electrons. The number of amides is 1. The van der Waals surface area contributed by atoms with Crippen LogP contribution < -0.4 is 4.74 Å². The first-order valence-corrected chi connectivity index (χ1v) is 6.74. The third-order valence-corrected chi connectivity index (χ3v) is 2.94. The lowest BCUT2D eigenvalue weighted by Crippen LogP contribution is -2.41. The molecule has 0 unspecified atom stereocenters. The van der Waals surface area contributed by atoms with E-state index in [0.717, 1.165) is 0 Å². The molecule has 1 aromatic carbocycles. The maximum absolute atomic E-state index is 12.5. The van der Waals surface area contributed by atoms with Crippen molar-refractivity contribution < 1.29 is 24.2 Å². The van der Waals surface area contributed by atoms with Crippen molar-refractivity contribution in [2.75, 3.05) is 20.3 Å². The minimum absolute atomic E-state index is 0.0901. The second kappa shape index (κ2) is 7.52. The molecule has 0 aliphatic heterocycles. The van der Waals surface area contributed by atoms with E-state index in [9.17, 15) is 14.7 Å². The first kappa shape index (κ1) is 16.8. The molecule has 1 N–H and O–H groups in total. The fourth-order valence-electron chi connectivity index (χ4n) is 1.85. The van der Waals surface area contributed by atoms with E-state index >= 15 is 0 Å². The van der Waals surface area contributed by atoms with E-state index in [2.05, 4.69) is 0 Å². The van der Waals surface area contributed by atoms with Gasteiger partial charge in [0.1, 0.15) is 6.54 Å². The second-order valence-corrected chi connectivity index (χ2v) is 4.69. The Morgan fingerprint density at radius 1 is 1.33 bits per heavy atom. The number of ether oxygens (including phenoxy) is 2. The molecular weight excluding hydrogens is 274 g/mol. The van der Waals surface area contributed by atoms with Crippen molar-refractivity contribution in [3.63, 3.8) is 0 Å². The summed E-state index contributed by atoms with van der Waals surface area (Å²) >= 11 is 0. The molecule has 1 rings (SSSR count). The maximum atomic E-state index is 12.5. The molecule has 1 amide bonds. The van der Waals surface area contributed by atoms with Gasteiger partial charge in [0.05, 0.1) is 19.3 Å². The second-order valence-electron chi connectivity index (χ2n) is 4.69. The third-order valence-electron chi connectivity index (χ3n) is 2.94. The number of phenols is 1. The average molecular weight is 295 g/mol. The summed E-state index contributed by atoms with van der Waals surface area (Å²) in [6, 6.07) is 4.43. The highest BCUT2D eigenvalue weighted by molar-refractivity contribution is 5.99. The normalized spacial score (nSPS) is 10.3. The number of hydrogen-bond acceptors (Lipinski definition) is 5. The molecule has 0 atom stereocenters. The van der Waals surface area contributed by atoms with Gasteiger partial charge >= 0.3 is 5.97 Å². The predicted molar refractivity (Wildman–Crippen MR) is 77.5 cm³/mol. The summed E-state index contributed by atoms with van der Waals surface area (Å²) in [5.74, 6) is -0.961. The summed E-state index contributed by atoms with van der Waals surface area (Å²) in [4.78, 5) is 25.5. The first-order valence-electron chi connectivity index (χ1n) is 6.74. The van der Waals surface area contributed by atoms with Crippen LogP contribution in [0.1, 0.15) is 31.1 Å². The summed E-state index contributed by atoms with van der Waals surface area (Å²) in [5, 5.41) is 10.0. The number of rotatable bonds is 6. The SMILES string of the molecule is CCOC(=O)CN(C(=O)c1cccc(OC)c1O)C(C)C. The molecule has 0 aromatic heterocycles. The largest absolute Gasteiger partial charge is 0.504 e. The number of nitrogens with zero attached hydrogens (tertiary/aromatic N) is 1. The third kappa shape index (κ3) is 4.11. The Bertz CT molecular complexity index is 513. The van der Waals surface area contributed by atoms with Gasteiger partial charge in [-0.1, -0.05) is 6.07 Å². The van der Waals surface area contributed by atoms with E-state index in [1.54, 1.807) is 32.9 Å². The van der Waals surface area contributed by atoms with Gasteiger partial charge in [-0.15, -0.1) is 0 Å². The number of benzene rings is 1. The summed E-state index contributed by atoms with van der Waals surface area (Å²) < 4.78 is 9.85. The van der Waals surface area contributed by atoms with E-state index < -0.39 is 11.9 Å². The zero-order valence-corrected chi connectivity index (χ0v) is 12.8. The molecule has 21 heavy (non-hydrogen) atoms. The molecule has 0 saturated carbocycles. The van der Waals surface area contributed by atoms with Crippen molar-refractivity contribution in [1.82, 2.24) is 4.90 Å². The number of esters is 1. The van der Waals surface area contributed by atoms with E-state index in [-0.39, 0.29) is 36.3 Å². The van der Waals surface area contributed by atoms with Crippen molar-refractivity contribution in [2.45, 2.75) is 26.8 Å². The van der Waals surface area contributed by atoms with Crippen LogP contribution in [0.2, 0.25) is 0 Å². The maximum Gasteiger partial charge on any atom is 0.325 e. The number of aromatic hydroxyl groups is 1. The van der Waals surface area contributed by atoms with Gasteiger partial charge in [-0.3, -0.25) is 9.59 Å². The smallest absolute Gasteiger partial charge is 0.325 e. The van der Waals surface area contributed by atoms with Gasteiger partial charge in [0.15, 0.2) is 11.5 Å². The Balaban J connectivity index is 3.04. The van der Waals surface area contributed by atoms with Crippen LogP contribution in [0.4, 0.5) is 0 Å². The van der Waals surface area contributed by atoms with Crippen LogP contribution in [0.15, 0.2) is 18.2 Å². The van der Waals surface area contributed by atoms with Crippen LogP contribution in [0.5, 0.6) is 11.5 Å². The standard InChI is InChI=1S/C15H21NO5/c1-5-21-13(17)9-16(10(2)3)15(19)11-7-6-8-12(20-4)14(11)18/h6-8,10,18H,5,9H2,1-4H3. The van der Waals surface area contributed by atoms with Gasteiger partial charge in [0.2, 0.25) is 0 Å². The van der Waals surface area contributed by atoms with Crippen molar-refractivity contribution in [3.05, 3.63) is 23.8 Å². The molecule has 0 saturated heterocycles. The van der Waals surface area contributed by atoms with Gasteiger partial charge < -0.3 is 19.5 Å². The first-order chi connectivity index (χ1) is 9.92. The molecule has 0 bridgehead atoms. The van der Waals surface area contributed by atoms with E-state index in [0.29, 0.717) is 0 Å². The monoisotopic (exact) mass is 295 g/mol. The zero-order valence-electron chi connectivity index (χ0n) is 12.8. The highest BCUT2D eigenvalue weighted by Crippen LogP contribution is 2.30. The lowest BCUT2D eigenvalue weighted by molar-refractivity contribution is -0.144. The molecule has 1 aromatic rings. The topological polar surface area (TPSA) is 76.1 Å². The van der Waals surface area contributed by atoms with Crippen molar-refractivity contribution >= 4 is 11.9 Å². The van der Waals surface area contributed by atoms with Crippen LogP contribution in [0, 0.1) is 0 Å². The highest BCUT2D eigenvalue weighted by atomic mass is 16.5. The Labute approximate surface area is 124 Å². The fraction of sp³-hybridized carbons (Fsp3) is 0.467. The minimum Gasteiger partial charge on any atom is -0.504 e. The Hall–Kier alpha value is -2.24. The number of hydrogen-bond donors (Lipinski definition) is 1. The van der Waals surface area contributed by atoms with Crippen molar-refractivity contribution in [2.24, 2.45) is 0 Å². The molecular formula is C15H21NO5. The number of para-hydroxylation sites is 1. The van der Waals surface area contributed by atoms with Crippen LogP contribution in [-0.4, -0.2) is 48.2 Å². The molecule has 0 radical (unpaired) electrons. The van der Waals surface area contributed by atoms with Crippen LogP contribution in [-0.2, 0) is 9.53 Å². The van der Waals surface area contributed by atoms with Crippen molar-refractivity contribution in [3.8, 4) is 11.5 Å². The molecule has 6 nitrogen and oxygen atoms in total. The Morgan fingerprint density at radius 2 is 2.00 bits per heavy atom. The van der Waals surface area contributed by atoms with Crippen LogP contribution in [0.25, 0.3) is 0 Å². The lowest BCUT2D eigenvalue weighted by atomic mass is 10.1. The van der Waals surface area contributed by atoms with Gasteiger partial charge in [-0.2, -0.15) is 0 Å². The lowest BCUT2D eigenvalue weighted by Gasteiger charge is -2.26. The quantitative estimate of drug-likeness (QED) is 0.810. The number of phenolic OH excluding ortho intramolecular Hbond substituents is 1. The van der Waals surface area contributed by atoms with Gasteiger partial charge in [-0.05, 0) is 32.9 Å². The van der Waals surface area contributed by atoms with E-state index in [1.807, 2.05) is 0 Å². The molecule has 0 fully saturated rings. The Morgan fingerprint density at radius 3 is 2.52 bits per heavy atom. The summed E-state index contributed by atoms with van der Waals surface area (Å²) in [5.41, 5.74) is 0.0901. The molecule has 0 spiro atoms. The van der Waals surface area contributed by atoms with Crippen LogP contribution >= 0.6 is 0 Å². The molecule has 0 aliphatic carbocycles. The minimum atomic E-state index is -0.484. The van der Waals surface area contributed by atoms with E-state index in [1.165, 1.54) is 18.1 Å². The number of methoxy groups -OCH3 is 1. The fourth-order valence-corrected chi connectivity index (χ4v) is 1.85. The predicted octanol–water partition coefficient (Wildman–Crippen LogP) is 1.81. The Kier molecular flexibility index (Phi) is 6.02. The van der Waals surface area contributed by atoms with E-state index in [4.69, 9.17) is 9.47 Å². The molecule has 0 heterocycles. The highest BCUT2D eigenvalue weighted by Gasteiger charge is 2.25. The van der Waals surface area contributed by atoms with Crippen molar-refractivity contribution in [1.29, 1.82) is 0 Å². The average Bonchev–Trinajstić information content (AvgIpc) is 2.44. The summed E-state index contributed by atoms with van der Waals surface area (Å²) in [6.07, 6.45) is 0.